The van der Waals surface area contributed by atoms with Gasteiger partial charge in [0.25, 0.3) is 0 Å². The molecule has 0 spiro atoms. The van der Waals surface area contributed by atoms with E-state index in [0.29, 0.717) is 11.7 Å². The molecule has 12 heavy (non-hydrogen) atoms. The van der Waals surface area contributed by atoms with Crippen molar-refractivity contribution in [3.05, 3.63) is 21.9 Å². The Morgan fingerprint density at radius 2 is 2.50 bits per heavy atom. The van der Waals surface area contributed by atoms with Gasteiger partial charge < -0.3 is 5.32 Å². The van der Waals surface area contributed by atoms with Crippen LogP contribution in [0.2, 0.25) is 5.15 Å². The molecule has 0 radical (unpaired) electrons. The van der Waals surface area contributed by atoms with E-state index in [4.69, 9.17) is 18.0 Å². The fraction of sp³-hybridized carbons (Fsp3) is 0.125. The Morgan fingerprint density at radius 3 is 3.17 bits per heavy atom. The minimum atomic E-state index is 0.424. The summed E-state index contributed by atoms with van der Waals surface area (Å²) < 4.78 is 0.867. The molecule has 0 amide bonds. The third kappa shape index (κ3) is 2.40. The molecule has 0 aromatic carbocycles. The largest absolute Gasteiger partial charge is 0.372 e. The lowest BCUT2D eigenvalue weighted by Gasteiger charge is -2.03. The van der Waals surface area contributed by atoms with Gasteiger partial charge in [0.2, 0.25) is 0 Å². The molecular formula is C8H6BrClN2. The number of nitrogens with zero attached hydrogens (tertiary/aromatic N) is 1. The van der Waals surface area contributed by atoms with Crippen molar-refractivity contribution in [1.82, 2.24) is 4.98 Å². The lowest BCUT2D eigenvalue weighted by molar-refractivity contribution is 1.27. The average Bonchev–Trinajstić information content (AvgIpc) is 2.07. The van der Waals surface area contributed by atoms with Crippen molar-refractivity contribution in [1.29, 1.82) is 0 Å². The van der Waals surface area contributed by atoms with Gasteiger partial charge in [0, 0.05) is 10.7 Å². The van der Waals surface area contributed by atoms with Crippen LogP contribution >= 0.6 is 27.5 Å². The Bertz CT molecular complexity index is 319. The fourth-order valence-corrected chi connectivity index (χ4v) is 1.19. The van der Waals surface area contributed by atoms with Gasteiger partial charge in [0.05, 0.1) is 12.2 Å². The van der Waals surface area contributed by atoms with Crippen molar-refractivity contribution in [2.75, 3.05) is 11.9 Å². The van der Waals surface area contributed by atoms with E-state index < -0.39 is 0 Å². The average molecular weight is 246 g/mol. The Hall–Kier alpha value is -0.720. The fourth-order valence-electron chi connectivity index (χ4n) is 0.693. The van der Waals surface area contributed by atoms with Gasteiger partial charge in [-0.3, -0.25) is 0 Å². The van der Waals surface area contributed by atoms with Crippen LogP contribution in [0.15, 0.2) is 16.7 Å². The van der Waals surface area contributed by atoms with E-state index in [2.05, 4.69) is 32.2 Å². The third-order valence-corrected chi connectivity index (χ3v) is 1.92. The first-order valence-electron chi connectivity index (χ1n) is 3.22. The second-order valence-electron chi connectivity index (χ2n) is 2.05. The van der Waals surface area contributed by atoms with Gasteiger partial charge in [-0.15, -0.1) is 6.42 Å². The molecule has 0 saturated heterocycles. The van der Waals surface area contributed by atoms with Crippen LogP contribution in [-0.2, 0) is 0 Å². The van der Waals surface area contributed by atoms with Crippen LogP contribution in [0.3, 0.4) is 0 Å². The van der Waals surface area contributed by atoms with Gasteiger partial charge in [-0.2, -0.15) is 0 Å². The molecule has 0 bridgehead atoms. The van der Waals surface area contributed by atoms with Crippen LogP contribution in [0.25, 0.3) is 0 Å². The molecule has 0 fully saturated rings. The summed E-state index contributed by atoms with van der Waals surface area (Å²) >= 11 is 9.04. The molecule has 0 aliphatic rings. The summed E-state index contributed by atoms with van der Waals surface area (Å²) in [5, 5.41) is 3.37. The number of hydrogen-bond donors (Lipinski definition) is 1. The molecule has 0 unspecified atom stereocenters. The molecular weight excluding hydrogens is 239 g/mol. The SMILES string of the molecule is C#CCNc1cc(Br)cnc1Cl. The minimum Gasteiger partial charge on any atom is -0.372 e. The van der Waals surface area contributed by atoms with Crippen molar-refractivity contribution < 1.29 is 0 Å². The van der Waals surface area contributed by atoms with Crippen LogP contribution in [0.1, 0.15) is 0 Å². The van der Waals surface area contributed by atoms with E-state index in [1.165, 1.54) is 0 Å². The molecule has 1 rings (SSSR count). The number of pyridine rings is 1. The predicted octanol–water partition coefficient (Wildman–Crippen LogP) is 2.54. The summed E-state index contributed by atoms with van der Waals surface area (Å²) in [5.74, 6) is 2.45. The smallest absolute Gasteiger partial charge is 0.152 e. The Morgan fingerprint density at radius 1 is 1.75 bits per heavy atom. The monoisotopic (exact) mass is 244 g/mol. The maximum absolute atomic E-state index is 5.77. The second-order valence-corrected chi connectivity index (χ2v) is 3.32. The standard InChI is InChI=1S/C8H6BrClN2/c1-2-3-11-7-4-6(9)5-12-8(7)10/h1,4-5,11H,3H2. The number of aromatic nitrogens is 1. The van der Waals surface area contributed by atoms with Crippen molar-refractivity contribution in [2.24, 2.45) is 0 Å². The quantitative estimate of drug-likeness (QED) is 0.640. The molecule has 1 aromatic heterocycles. The van der Waals surface area contributed by atoms with Crippen molar-refractivity contribution in [3.63, 3.8) is 0 Å². The Kier molecular flexibility index (Phi) is 3.39. The van der Waals surface area contributed by atoms with Crippen LogP contribution in [0.5, 0.6) is 0 Å². The van der Waals surface area contributed by atoms with Crippen LogP contribution < -0.4 is 5.32 Å². The zero-order valence-electron chi connectivity index (χ0n) is 6.14. The maximum Gasteiger partial charge on any atom is 0.152 e. The minimum absolute atomic E-state index is 0.424. The number of rotatable bonds is 2. The van der Waals surface area contributed by atoms with E-state index in [1.807, 2.05) is 6.07 Å². The van der Waals surface area contributed by atoms with Crippen LogP contribution in [-0.4, -0.2) is 11.5 Å². The molecule has 2 nitrogen and oxygen atoms in total. The number of terminal acetylenes is 1. The summed E-state index contributed by atoms with van der Waals surface area (Å²) in [6.07, 6.45) is 6.71. The van der Waals surface area contributed by atoms with Crippen LogP contribution in [0.4, 0.5) is 5.69 Å². The molecule has 4 heteroatoms. The Balaban J connectivity index is 2.84. The van der Waals surface area contributed by atoms with Crippen molar-refractivity contribution >= 4 is 33.2 Å². The molecule has 62 valence electrons. The summed E-state index contributed by atoms with van der Waals surface area (Å²) in [5.41, 5.74) is 0.740. The number of halogens is 2. The first kappa shape index (κ1) is 9.37. The summed E-state index contributed by atoms with van der Waals surface area (Å²) in [7, 11) is 0. The summed E-state index contributed by atoms with van der Waals surface area (Å²) in [6, 6.07) is 1.83. The highest BCUT2D eigenvalue weighted by molar-refractivity contribution is 9.10. The van der Waals surface area contributed by atoms with E-state index in [1.54, 1.807) is 6.20 Å². The van der Waals surface area contributed by atoms with Gasteiger partial charge in [-0.25, -0.2) is 4.98 Å². The number of nitrogens with one attached hydrogen (secondary N) is 1. The van der Waals surface area contributed by atoms with Gasteiger partial charge in [-0.05, 0) is 22.0 Å². The predicted molar refractivity (Wildman–Crippen MR) is 54.3 cm³/mol. The molecule has 0 saturated carbocycles. The zero-order chi connectivity index (χ0) is 8.97. The number of anilines is 1. The van der Waals surface area contributed by atoms with Gasteiger partial charge in [0.15, 0.2) is 5.15 Å². The lowest BCUT2D eigenvalue weighted by atomic mass is 10.4. The van der Waals surface area contributed by atoms with Crippen molar-refractivity contribution in [3.8, 4) is 12.3 Å². The second kappa shape index (κ2) is 4.34. The maximum atomic E-state index is 5.77. The third-order valence-electron chi connectivity index (χ3n) is 1.19. The Labute approximate surface area is 84.5 Å². The summed E-state index contributed by atoms with van der Waals surface area (Å²) in [6.45, 7) is 0.442. The van der Waals surface area contributed by atoms with E-state index in [0.717, 1.165) is 10.2 Å². The van der Waals surface area contributed by atoms with E-state index in [-0.39, 0.29) is 0 Å². The highest BCUT2D eigenvalue weighted by atomic mass is 79.9. The van der Waals surface area contributed by atoms with Gasteiger partial charge in [-0.1, -0.05) is 17.5 Å². The first-order valence-corrected chi connectivity index (χ1v) is 4.39. The molecule has 0 aliphatic heterocycles. The molecule has 1 N–H and O–H groups in total. The van der Waals surface area contributed by atoms with Crippen LogP contribution in [0, 0.1) is 12.3 Å². The summed E-state index contributed by atoms with van der Waals surface area (Å²) in [4.78, 5) is 3.92. The van der Waals surface area contributed by atoms with Crippen molar-refractivity contribution in [2.45, 2.75) is 0 Å². The molecule has 1 heterocycles. The zero-order valence-corrected chi connectivity index (χ0v) is 8.48. The first-order chi connectivity index (χ1) is 5.74. The number of hydrogen-bond acceptors (Lipinski definition) is 2. The molecule has 0 aliphatic carbocycles. The molecule has 1 aromatic rings. The van der Waals surface area contributed by atoms with Gasteiger partial charge in [0.1, 0.15) is 0 Å². The van der Waals surface area contributed by atoms with Gasteiger partial charge >= 0.3 is 0 Å². The molecule has 0 atom stereocenters. The highest BCUT2D eigenvalue weighted by Crippen LogP contribution is 2.22. The lowest BCUT2D eigenvalue weighted by Crippen LogP contribution is -1.99. The highest BCUT2D eigenvalue weighted by Gasteiger charge is 1.99. The van der Waals surface area contributed by atoms with E-state index >= 15 is 0 Å². The normalized spacial score (nSPS) is 9.08. The van der Waals surface area contributed by atoms with E-state index in [9.17, 15) is 0 Å². The topological polar surface area (TPSA) is 24.9 Å².